The summed E-state index contributed by atoms with van der Waals surface area (Å²) in [7, 11) is 0. The van der Waals surface area contributed by atoms with Gasteiger partial charge < -0.3 is 15.1 Å². The van der Waals surface area contributed by atoms with E-state index in [2.05, 4.69) is 10.1 Å². The highest BCUT2D eigenvalue weighted by atomic mass is 16.4. The number of hydrogen-bond acceptors (Lipinski definition) is 4. The number of carboxylic acids is 1. The third-order valence-corrected chi connectivity index (χ3v) is 2.34. The minimum absolute atomic E-state index is 0.0790. The fraction of sp³-hybridized carbons (Fsp3) is 0.500. The number of nitrogens with zero attached hydrogens (tertiary/aromatic N) is 4. The summed E-state index contributed by atoms with van der Waals surface area (Å²) in [6.45, 7) is 0.970. The van der Waals surface area contributed by atoms with E-state index in [1.165, 1.54) is 9.58 Å². The van der Waals surface area contributed by atoms with E-state index in [-0.39, 0.29) is 12.4 Å². The van der Waals surface area contributed by atoms with E-state index in [9.17, 15) is 9.59 Å². The van der Waals surface area contributed by atoms with Gasteiger partial charge in [-0.3, -0.25) is 0 Å². The van der Waals surface area contributed by atoms with Crippen LogP contribution in [0.1, 0.15) is 22.9 Å². The number of aromatic carboxylic acids is 1. The normalized spacial score (nSPS) is 15.4. The topological polar surface area (TPSA) is 109 Å². The quantitative estimate of drug-likeness (QED) is 0.689. The molecule has 2 N–H and O–H groups in total. The van der Waals surface area contributed by atoms with Gasteiger partial charge in [0.05, 0.1) is 6.54 Å². The Bertz CT molecular complexity index is 441. The molecule has 86 valence electrons. The molecule has 0 spiro atoms. The lowest BCUT2D eigenvalue weighted by Gasteiger charge is -2.14. The predicted octanol–water partition coefficient (Wildman–Crippen LogP) is -0.140. The smallest absolute Gasteiger partial charge is 0.407 e. The molecule has 1 amide bonds. The third kappa shape index (κ3) is 1.81. The van der Waals surface area contributed by atoms with Gasteiger partial charge in [0.1, 0.15) is 5.82 Å². The molecule has 2 rings (SSSR count). The number of rotatable bonds is 1. The maximum Gasteiger partial charge on any atom is 0.407 e. The van der Waals surface area contributed by atoms with Crippen LogP contribution in [0.2, 0.25) is 0 Å². The second kappa shape index (κ2) is 3.80. The van der Waals surface area contributed by atoms with E-state index in [4.69, 9.17) is 10.2 Å². The molecule has 0 bridgehead atoms. The van der Waals surface area contributed by atoms with E-state index in [1.807, 2.05) is 0 Å². The monoisotopic (exact) mass is 226 g/mol. The van der Waals surface area contributed by atoms with Crippen LogP contribution in [0.5, 0.6) is 0 Å². The highest BCUT2D eigenvalue weighted by molar-refractivity contribution is 5.82. The third-order valence-electron chi connectivity index (χ3n) is 2.34. The zero-order valence-corrected chi connectivity index (χ0v) is 8.33. The molecule has 1 aliphatic rings. The summed E-state index contributed by atoms with van der Waals surface area (Å²) in [5.74, 6) is -1.12. The van der Waals surface area contributed by atoms with Crippen LogP contribution in [0.4, 0.5) is 4.79 Å². The first-order valence-electron chi connectivity index (χ1n) is 4.73. The van der Waals surface area contributed by atoms with Gasteiger partial charge in [-0.1, -0.05) is 0 Å². The second-order valence-electron chi connectivity index (χ2n) is 3.44. The molecule has 0 unspecified atom stereocenters. The summed E-state index contributed by atoms with van der Waals surface area (Å²) in [5.41, 5.74) is 0. The lowest BCUT2D eigenvalue weighted by Crippen LogP contribution is -2.29. The molecule has 0 aliphatic carbocycles. The molecule has 0 saturated heterocycles. The number of hydrogen-bond donors (Lipinski definition) is 2. The average molecular weight is 226 g/mol. The molecule has 0 fully saturated rings. The summed E-state index contributed by atoms with van der Waals surface area (Å²) < 4.78 is 1.45. The van der Waals surface area contributed by atoms with Crippen molar-refractivity contribution in [2.24, 2.45) is 0 Å². The molecule has 0 atom stereocenters. The number of amides is 1. The van der Waals surface area contributed by atoms with Gasteiger partial charge in [0.2, 0.25) is 0 Å². The van der Waals surface area contributed by atoms with Gasteiger partial charge in [-0.2, -0.15) is 0 Å². The summed E-state index contributed by atoms with van der Waals surface area (Å²) in [5, 5.41) is 21.4. The van der Waals surface area contributed by atoms with Crippen LogP contribution >= 0.6 is 0 Å². The summed E-state index contributed by atoms with van der Waals surface area (Å²) >= 11 is 0. The minimum atomic E-state index is -1.21. The van der Waals surface area contributed by atoms with Crippen LogP contribution in [0.3, 0.4) is 0 Å². The minimum Gasteiger partial charge on any atom is -0.475 e. The van der Waals surface area contributed by atoms with Crippen molar-refractivity contribution in [1.29, 1.82) is 0 Å². The summed E-state index contributed by atoms with van der Waals surface area (Å²) in [6, 6.07) is 0. The Kier molecular flexibility index (Phi) is 2.47. The Labute approximate surface area is 90.1 Å². The maximum absolute atomic E-state index is 10.8. The van der Waals surface area contributed by atoms with Gasteiger partial charge in [0.25, 0.3) is 5.82 Å². The average Bonchev–Trinajstić information content (AvgIpc) is 2.50. The number of carboxylic acid groups (broad SMARTS) is 2. The van der Waals surface area contributed by atoms with Crippen LogP contribution in [-0.4, -0.2) is 48.5 Å². The molecule has 0 aromatic carbocycles. The van der Waals surface area contributed by atoms with Gasteiger partial charge in [-0.15, -0.1) is 5.10 Å². The number of aromatic nitrogens is 3. The SMILES string of the molecule is O=C(O)c1nc2n(n1)CCCN(C(=O)O)C2. The van der Waals surface area contributed by atoms with E-state index >= 15 is 0 Å². The Hall–Kier alpha value is -2.12. The lowest BCUT2D eigenvalue weighted by atomic mass is 10.4. The van der Waals surface area contributed by atoms with Gasteiger partial charge in [-0.25, -0.2) is 19.3 Å². The Balaban J connectivity index is 2.28. The first-order valence-corrected chi connectivity index (χ1v) is 4.73. The van der Waals surface area contributed by atoms with E-state index < -0.39 is 12.1 Å². The van der Waals surface area contributed by atoms with Crippen molar-refractivity contribution in [1.82, 2.24) is 19.7 Å². The number of fused-ring (bicyclic) bond motifs is 1. The fourth-order valence-electron chi connectivity index (χ4n) is 1.59. The fourth-order valence-corrected chi connectivity index (χ4v) is 1.59. The Morgan fingerprint density at radius 1 is 1.25 bits per heavy atom. The van der Waals surface area contributed by atoms with Crippen molar-refractivity contribution in [2.45, 2.75) is 19.5 Å². The van der Waals surface area contributed by atoms with Crippen molar-refractivity contribution in [3.63, 3.8) is 0 Å². The van der Waals surface area contributed by atoms with Gasteiger partial charge >= 0.3 is 12.1 Å². The molecular formula is C8H10N4O4. The molecule has 8 nitrogen and oxygen atoms in total. The van der Waals surface area contributed by atoms with Crippen molar-refractivity contribution in [2.75, 3.05) is 6.54 Å². The van der Waals surface area contributed by atoms with Crippen LogP contribution in [-0.2, 0) is 13.1 Å². The maximum atomic E-state index is 10.8. The van der Waals surface area contributed by atoms with Crippen molar-refractivity contribution in [3.8, 4) is 0 Å². The van der Waals surface area contributed by atoms with Crippen LogP contribution < -0.4 is 0 Å². The molecule has 1 aromatic heterocycles. The second-order valence-corrected chi connectivity index (χ2v) is 3.44. The first kappa shape index (κ1) is 10.4. The van der Waals surface area contributed by atoms with Gasteiger partial charge in [0.15, 0.2) is 0 Å². The predicted molar refractivity (Wildman–Crippen MR) is 50.0 cm³/mol. The largest absolute Gasteiger partial charge is 0.475 e. The van der Waals surface area contributed by atoms with Crippen LogP contribution in [0.25, 0.3) is 0 Å². The summed E-state index contributed by atoms with van der Waals surface area (Å²) in [4.78, 5) is 26.4. The Morgan fingerprint density at radius 2 is 2.00 bits per heavy atom. The highest BCUT2D eigenvalue weighted by Crippen LogP contribution is 2.10. The zero-order valence-electron chi connectivity index (χ0n) is 8.33. The van der Waals surface area contributed by atoms with Crippen LogP contribution in [0.15, 0.2) is 0 Å². The molecule has 0 radical (unpaired) electrons. The van der Waals surface area contributed by atoms with Gasteiger partial charge in [-0.05, 0) is 6.42 Å². The van der Waals surface area contributed by atoms with Gasteiger partial charge in [0, 0.05) is 13.1 Å². The number of aryl methyl sites for hydroxylation is 1. The molecule has 1 aromatic rings. The van der Waals surface area contributed by atoms with Crippen molar-refractivity contribution >= 4 is 12.1 Å². The summed E-state index contributed by atoms with van der Waals surface area (Å²) in [6.07, 6.45) is -0.435. The molecule has 16 heavy (non-hydrogen) atoms. The molecule has 0 saturated carbocycles. The Morgan fingerprint density at radius 3 is 2.62 bits per heavy atom. The van der Waals surface area contributed by atoms with Crippen molar-refractivity contribution in [3.05, 3.63) is 11.6 Å². The van der Waals surface area contributed by atoms with E-state index in [0.29, 0.717) is 25.3 Å². The molecule has 8 heteroatoms. The lowest BCUT2D eigenvalue weighted by molar-refractivity contribution is 0.0683. The molecule has 2 heterocycles. The van der Waals surface area contributed by atoms with E-state index in [1.54, 1.807) is 0 Å². The van der Waals surface area contributed by atoms with E-state index in [0.717, 1.165) is 0 Å². The number of carbonyl (C=O) groups is 2. The van der Waals surface area contributed by atoms with Crippen LogP contribution in [0, 0.1) is 0 Å². The zero-order chi connectivity index (χ0) is 11.7. The van der Waals surface area contributed by atoms with Crippen molar-refractivity contribution < 1.29 is 19.8 Å². The standard InChI is InChI=1S/C8H10N4O4/c13-7(14)6-9-5-4-11(8(15)16)2-1-3-12(5)10-6/h1-4H2,(H,13,14)(H,15,16). The highest BCUT2D eigenvalue weighted by Gasteiger charge is 2.22. The molecular weight excluding hydrogens is 216 g/mol. The molecule has 1 aliphatic heterocycles. The first-order chi connectivity index (χ1) is 7.58.